The number of ether oxygens (including phenoxy) is 3. The fourth-order valence-electron chi connectivity index (χ4n) is 2.80. The Bertz CT molecular complexity index is 1210. The molecule has 0 aliphatic heterocycles. The molecule has 0 aliphatic rings. The molecule has 0 amide bonds. The summed E-state index contributed by atoms with van der Waals surface area (Å²) in [5.41, 5.74) is 0.443. The molecule has 3 aromatic rings. The van der Waals surface area contributed by atoms with Gasteiger partial charge in [0.2, 0.25) is 5.65 Å². The third kappa shape index (κ3) is 5.53. The average molecular weight is 456 g/mol. The number of H-pyrrole nitrogens is 2. The van der Waals surface area contributed by atoms with Gasteiger partial charge in [0.1, 0.15) is 11.6 Å². The standard InChI is InChI=1S/C21H24N6O6/c1-4-9-33-15-8-7-12(22-11-14(20(29)31-5-2)21(30)32-6-3)10-13(15)17-23-18-16(19(28)24-17)25-27-26-18/h7-8,10-11,22H,4-6,9H2,1-3H3,(H2,23,24,25,26,27,28). The molecule has 12 heteroatoms. The zero-order valence-corrected chi connectivity index (χ0v) is 18.4. The number of fused-ring (bicyclic) bond motifs is 1. The van der Waals surface area contributed by atoms with Crippen molar-refractivity contribution >= 4 is 28.8 Å². The van der Waals surface area contributed by atoms with E-state index in [4.69, 9.17) is 14.2 Å². The highest BCUT2D eigenvalue weighted by molar-refractivity contribution is 6.14. The van der Waals surface area contributed by atoms with E-state index in [1.807, 2.05) is 6.92 Å². The number of esters is 2. The zero-order valence-electron chi connectivity index (χ0n) is 18.4. The zero-order chi connectivity index (χ0) is 23.8. The van der Waals surface area contributed by atoms with Gasteiger partial charge in [0, 0.05) is 11.9 Å². The van der Waals surface area contributed by atoms with Crippen LogP contribution in [0.1, 0.15) is 27.2 Å². The number of anilines is 1. The number of rotatable bonds is 10. The monoisotopic (exact) mass is 456 g/mol. The minimum atomic E-state index is -0.811. The fraction of sp³-hybridized carbons (Fsp3) is 0.333. The van der Waals surface area contributed by atoms with E-state index in [0.717, 1.165) is 6.42 Å². The minimum Gasteiger partial charge on any atom is -0.493 e. The van der Waals surface area contributed by atoms with Crippen molar-refractivity contribution in [2.24, 2.45) is 0 Å². The van der Waals surface area contributed by atoms with E-state index >= 15 is 0 Å². The molecule has 0 unspecified atom stereocenters. The summed E-state index contributed by atoms with van der Waals surface area (Å²) in [5.74, 6) is -0.923. The molecule has 1 aromatic carbocycles. The maximum absolute atomic E-state index is 12.3. The van der Waals surface area contributed by atoms with Crippen LogP contribution in [0.5, 0.6) is 5.75 Å². The highest BCUT2D eigenvalue weighted by Crippen LogP contribution is 2.31. The summed E-state index contributed by atoms with van der Waals surface area (Å²) < 4.78 is 15.7. The van der Waals surface area contributed by atoms with Crippen LogP contribution < -0.4 is 15.6 Å². The summed E-state index contributed by atoms with van der Waals surface area (Å²) in [6, 6.07) is 5.02. The predicted molar refractivity (Wildman–Crippen MR) is 118 cm³/mol. The molecule has 0 fully saturated rings. The van der Waals surface area contributed by atoms with E-state index in [1.165, 1.54) is 6.20 Å². The topological polar surface area (TPSA) is 161 Å². The molecule has 0 saturated heterocycles. The number of nitrogens with zero attached hydrogens (tertiary/aromatic N) is 3. The Kier molecular flexibility index (Phi) is 7.73. The lowest BCUT2D eigenvalue weighted by Gasteiger charge is -2.13. The van der Waals surface area contributed by atoms with Crippen molar-refractivity contribution in [2.75, 3.05) is 25.1 Å². The van der Waals surface area contributed by atoms with Gasteiger partial charge in [-0.3, -0.25) is 4.79 Å². The van der Waals surface area contributed by atoms with E-state index in [9.17, 15) is 14.4 Å². The second kappa shape index (κ2) is 10.9. The lowest BCUT2D eigenvalue weighted by atomic mass is 10.1. The van der Waals surface area contributed by atoms with Gasteiger partial charge in [-0.1, -0.05) is 6.92 Å². The summed E-state index contributed by atoms with van der Waals surface area (Å²) in [7, 11) is 0. The predicted octanol–water partition coefficient (Wildman–Crippen LogP) is 1.92. The summed E-state index contributed by atoms with van der Waals surface area (Å²) in [4.78, 5) is 43.7. The van der Waals surface area contributed by atoms with Crippen LogP contribution in [0.15, 0.2) is 34.8 Å². The summed E-state index contributed by atoms with van der Waals surface area (Å²) >= 11 is 0. The molecule has 3 N–H and O–H groups in total. The molecule has 2 aromatic heterocycles. The number of carbonyl (C=O) groups excluding carboxylic acids is 2. The lowest BCUT2D eigenvalue weighted by molar-refractivity contribution is -0.146. The molecule has 33 heavy (non-hydrogen) atoms. The van der Waals surface area contributed by atoms with Gasteiger partial charge in [-0.25, -0.2) is 14.6 Å². The third-order valence-corrected chi connectivity index (χ3v) is 4.26. The Labute approximate surface area is 188 Å². The van der Waals surface area contributed by atoms with Crippen molar-refractivity contribution in [2.45, 2.75) is 27.2 Å². The van der Waals surface area contributed by atoms with Crippen molar-refractivity contribution < 1.29 is 23.8 Å². The molecule has 0 radical (unpaired) electrons. The maximum atomic E-state index is 12.3. The summed E-state index contributed by atoms with van der Waals surface area (Å²) in [5, 5.41) is 12.9. The van der Waals surface area contributed by atoms with E-state index in [1.54, 1.807) is 32.0 Å². The van der Waals surface area contributed by atoms with Crippen molar-refractivity contribution in [1.29, 1.82) is 0 Å². The molecule has 0 atom stereocenters. The second-order valence-electron chi connectivity index (χ2n) is 6.61. The van der Waals surface area contributed by atoms with Crippen LogP contribution in [0, 0.1) is 0 Å². The van der Waals surface area contributed by atoms with E-state index in [-0.39, 0.29) is 35.8 Å². The van der Waals surface area contributed by atoms with Gasteiger partial charge in [-0.2, -0.15) is 5.21 Å². The first-order chi connectivity index (χ1) is 16.0. The number of hydrogen-bond donors (Lipinski definition) is 3. The van der Waals surface area contributed by atoms with Gasteiger partial charge < -0.3 is 24.5 Å². The van der Waals surface area contributed by atoms with Gasteiger partial charge in [-0.15, -0.1) is 10.2 Å². The number of nitrogens with one attached hydrogen (secondary N) is 3. The molecule has 2 heterocycles. The molecule has 12 nitrogen and oxygen atoms in total. The molecule has 0 spiro atoms. The number of hydrogen-bond acceptors (Lipinski definition) is 10. The molecule has 174 valence electrons. The van der Waals surface area contributed by atoms with Crippen molar-refractivity contribution in [3.8, 4) is 17.1 Å². The van der Waals surface area contributed by atoms with Crippen molar-refractivity contribution in [1.82, 2.24) is 25.4 Å². The summed E-state index contributed by atoms with van der Waals surface area (Å²) in [6.07, 6.45) is 1.98. The quantitative estimate of drug-likeness (QED) is 0.178. The molecule has 0 bridgehead atoms. The molecule has 3 rings (SSSR count). The highest BCUT2D eigenvalue weighted by Gasteiger charge is 2.21. The Balaban J connectivity index is 2.00. The van der Waals surface area contributed by atoms with Crippen LogP contribution in [-0.4, -0.2) is 57.1 Å². The number of benzene rings is 1. The van der Waals surface area contributed by atoms with Crippen LogP contribution in [0.2, 0.25) is 0 Å². The van der Waals surface area contributed by atoms with Crippen LogP contribution in [0.25, 0.3) is 22.6 Å². The van der Waals surface area contributed by atoms with Gasteiger partial charge in [0.15, 0.2) is 11.1 Å². The molecule has 0 aliphatic carbocycles. The normalized spacial score (nSPS) is 10.5. The Hall–Kier alpha value is -4.22. The van der Waals surface area contributed by atoms with Crippen LogP contribution in [-0.2, 0) is 19.1 Å². The smallest absolute Gasteiger partial charge is 0.347 e. The van der Waals surface area contributed by atoms with Gasteiger partial charge in [0.25, 0.3) is 5.56 Å². The van der Waals surface area contributed by atoms with Crippen LogP contribution in [0.3, 0.4) is 0 Å². The third-order valence-electron chi connectivity index (χ3n) is 4.26. The average Bonchev–Trinajstić information content (AvgIpc) is 3.28. The molecular weight excluding hydrogens is 432 g/mol. The first-order valence-corrected chi connectivity index (χ1v) is 10.4. The maximum Gasteiger partial charge on any atom is 0.347 e. The lowest BCUT2D eigenvalue weighted by Crippen LogP contribution is -2.19. The number of carbonyl (C=O) groups is 2. The molecular formula is C21H24N6O6. The van der Waals surface area contributed by atoms with E-state index in [0.29, 0.717) is 23.6 Å². The second-order valence-corrected chi connectivity index (χ2v) is 6.61. The van der Waals surface area contributed by atoms with Crippen molar-refractivity contribution in [3.63, 3.8) is 0 Å². The highest BCUT2D eigenvalue weighted by atomic mass is 16.6. The van der Waals surface area contributed by atoms with Crippen LogP contribution in [0.4, 0.5) is 5.69 Å². The molecule has 0 saturated carbocycles. The van der Waals surface area contributed by atoms with E-state index in [2.05, 4.69) is 30.7 Å². The fourth-order valence-corrected chi connectivity index (χ4v) is 2.80. The van der Waals surface area contributed by atoms with E-state index < -0.39 is 17.5 Å². The Morgan fingerprint density at radius 3 is 2.48 bits per heavy atom. The Morgan fingerprint density at radius 1 is 1.09 bits per heavy atom. The minimum absolute atomic E-state index is 0.0838. The largest absolute Gasteiger partial charge is 0.493 e. The summed E-state index contributed by atoms with van der Waals surface area (Å²) in [6.45, 7) is 5.89. The Morgan fingerprint density at radius 2 is 1.82 bits per heavy atom. The van der Waals surface area contributed by atoms with Gasteiger partial charge >= 0.3 is 11.9 Å². The van der Waals surface area contributed by atoms with Gasteiger partial charge in [-0.05, 0) is 38.5 Å². The SMILES string of the molecule is CCCOc1ccc(NC=C(C(=O)OCC)C(=O)OCC)cc1-c1nc2n[nH]nc2c(=O)[nH]1. The van der Waals surface area contributed by atoms with Crippen LogP contribution >= 0.6 is 0 Å². The first kappa shape index (κ1) is 23.4. The first-order valence-electron chi connectivity index (χ1n) is 10.4. The van der Waals surface area contributed by atoms with Gasteiger partial charge in [0.05, 0.1) is 25.4 Å². The number of aromatic amines is 2. The number of aromatic nitrogens is 5. The van der Waals surface area contributed by atoms with Crippen molar-refractivity contribution in [3.05, 3.63) is 40.3 Å².